The van der Waals surface area contributed by atoms with E-state index in [1.807, 2.05) is 30.3 Å². The molecule has 29 heavy (non-hydrogen) atoms. The number of ether oxygens (including phenoxy) is 2. The molecular formula is C20H23N3O6. The molecule has 2 aromatic carbocycles. The number of hydrogen-bond donors (Lipinski definition) is 1. The molecule has 1 N–H and O–H groups in total. The van der Waals surface area contributed by atoms with Crippen LogP contribution in [0.5, 0.6) is 0 Å². The zero-order valence-corrected chi connectivity index (χ0v) is 16.3. The van der Waals surface area contributed by atoms with Gasteiger partial charge in [-0.2, -0.15) is 0 Å². The van der Waals surface area contributed by atoms with Crippen LogP contribution < -0.4 is 5.32 Å². The molecule has 0 aliphatic rings. The molecule has 2 aromatic rings. The fourth-order valence-corrected chi connectivity index (χ4v) is 2.63. The smallest absolute Gasteiger partial charge is 0.341 e. The summed E-state index contributed by atoms with van der Waals surface area (Å²) in [6.45, 7) is 0.530. The number of nitro benzene ring substituents is 1. The quantitative estimate of drug-likeness (QED) is 0.370. The van der Waals surface area contributed by atoms with Crippen LogP contribution in [0.3, 0.4) is 0 Å². The maximum absolute atomic E-state index is 12.6. The number of hydrogen-bond acceptors (Lipinski definition) is 7. The average Bonchev–Trinajstić information content (AvgIpc) is 2.74. The van der Waals surface area contributed by atoms with Crippen LogP contribution in [-0.4, -0.2) is 55.6 Å². The van der Waals surface area contributed by atoms with E-state index in [0.29, 0.717) is 25.4 Å². The van der Waals surface area contributed by atoms with Gasteiger partial charge in [-0.3, -0.25) is 14.9 Å². The number of nitro groups is 1. The molecule has 0 spiro atoms. The summed E-state index contributed by atoms with van der Waals surface area (Å²) < 4.78 is 10.2. The van der Waals surface area contributed by atoms with Crippen LogP contribution in [0, 0.1) is 10.1 Å². The number of nitrogens with one attached hydrogen (secondary N) is 1. The van der Waals surface area contributed by atoms with Gasteiger partial charge in [-0.15, -0.1) is 0 Å². The Kier molecular flexibility index (Phi) is 8.11. The zero-order chi connectivity index (χ0) is 21.2. The summed E-state index contributed by atoms with van der Waals surface area (Å²) in [7, 11) is 3.11. The monoisotopic (exact) mass is 401 g/mol. The van der Waals surface area contributed by atoms with Crippen LogP contribution in [0.4, 0.5) is 11.4 Å². The molecule has 1 amide bonds. The third-order valence-corrected chi connectivity index (χ3v) is 4.16. The average molecular weight is 401 g/mol. The molecule has 0 aromatic heterocycles. The molecule has 0 heterocycles. The molecule has 0 atom stereocenters. The van der Waals surface area contributed by atoms with Crippen molar-refractivity contribution in [1.82, 2.24) is 4.90 Å². The first-order valence-electron chi connectivity index (χ1n) is 8.90. The fraction of sp³-hybridized carbons (Fsp3) is 0.300. The molecule has 0 saturated carbocycles. The van der Waals surface area contributed by atoms with Gasteiger partial charge in [-0.1, -0.05) is 30.3 Å². The predicted octanol–water partition coefficient (Wildman–Crippen LogP) is 2.47. The Balaban J connectivity index is 2.07. The lowest BCUT2D eigenvalue weighted by Gasteiger charge is -2.22. The largest absolute Gasteiger partial charge is 0.452 e. The molecular weight excluding hydrogens is 378 g/mol. The first kappa shape index (κ1) is 21.8. The molecule has 0 fully saturated rings. The lowest BCUT2D eigenvalue weighted by molar-refractivity contribution is -0.384. The van der Waals surface area contributed by atoms with Crippen molar-refractivity contribution < 1.29 is 24.0 Å². The highest BCUT2D eigenvalue weighted by atomic mass is 16.6. The minimum atomic E-state index is -0.821. The summed E-state index contributed by atoms with van der Waals surface area (Å²) in [4.78, 5) is 36.9. The van der Waals surface area contributed by atoms with E-state index in [0.717, 1.165) is 11.6 Å². The van der Waals surface area contributed by atoms with Gasteiger partial charge in [0.25, 0.3) is 11.6 Å². The van der Waals surface area contributed by atoms with Crippen LogP contribution in [0.25, 0.3) is 0 Å². The molecule has 0 bridgehead atoms. The maximum Gasteiger partial charge on any atom is 0.341 e. The number of nitrogens with zero attached hydrogens (tertiary/aromatic N) is 2. The molecule has 0 radical (unpaired) electrons. The van der Waals surface area contributed by atoms with Crippen molar-refractivity contribution in [2.24, 2.45) is 0 Å². The Morgan fingerprint density at radius 2 is 1.90 bits per heavy atom. The van der Waals surface area contributed by atoms with Crippen LogP contribution in [0.1, 0.15) is 15.9 Å². The van der Waals surface area contributed by atoms with Crippen LogP contribution >= 0.6 is 0 Å². The highest BCUT2D eigenvalue weighted by Crippen LogP contribution is 2.22. The SMILES string of the molecule is CNc1ccc([N+](=O)[O-])cc1C(=O)OCC(=O)N(CCOC)Cc1ccccc1. The molecule has 0 aliphatic heterocycles. The first-order chi connectivity index (χ1) is 14.0. The van der Waals surface area contributed by atoms with Gasteiger partial charge in [0.05, 0.1) is 17.1 Å². The summed E-state index contributed by atoms with van der Waals surface area (Å²) in [6, 6.07) is 13.2. The normalized spacial score (nSPS) is 10.3. The molecule has 9 nitrogen and oxygen atoms in total. The Bertz CT molecular complexity index is 857. The van der Waals surface area contributed by atoms with Gasteiger partial charge in [0, 0.05) is 45.1 Å². The van der Waals surface area contributed by atoms with Crippen LogP contribution in [0.2, 0.25) is 0 Å². The number of benzene rings is 2. The summed E-state index contributed by atoms with van der Waals surface area (Å²) in [5.41, 5.74) is 1.04. The van der Waals surface area contributed by atoms with Crippen molar-refractivity contribution in [3.05, 3.63) is 69.8 Å². The Hall–Kier alpha value is -3.46. The van der Waals surface area contributed by atoms with E-state index in [1.165, 1.54) is 24.1 Å². The second kappa shape index (κ2) is 10.8. The number of anilines is 1. The van der Waals surface area contributed by atoms with E-state index in [2.05, 4.69) is 5.32 Å². The van der Waals surface area contributed by atoms with Crippen LogP contribution in [-0.2, 0) is 20.8 Å². The number of carbonyl (C=O) groups is 2. The van der Waals surface area contributed by atoms with Gasteiger partial charge in [0.2, 0.25) is 0 Å². The highest BCUT2D eigenvalue weighted by molar-refractivity contribution is 5.97. The van der Waals surface area contributed by atoms with Crippen molar-refractivity contribution in [1.29, 1.82) is 0 Å². The van der Waals surface area contributed by atoms with Gasteiger partial charge in [-0.25, -0.2) is 4.79 Å². The molecule has 0 saturated heterocycles. The number of non-ortho nitro benzene ring substituents is 1. The van der Waals surface area contributed by atoms with Crippen molar-refractivity contribution in [2.75, 3.05) is 39.2 Å². The number of carbonyl (C=O) groups excluding carboxylic acids is 2. The number of methoxy groups -OCH3 is 1. The maximum atomic E-state index is 12.6. The molecule has 0 aliphatic carbocycles. The summed E-state index contributed by atoms with van der Waals surface area (Å²) in [5, 5.41) is 13.7. The Labute approximate surface area is 168 Å². The highest BCUT2D eigenvalue weighted by Gasteiger charge is 2.20. The van der Waals surface area contributed by atoms with Crippen molar-refractivity contribution in [2.45, 2.75) is 6.54 Å². The third kappa shape index (κ3) is 6.28. The minimum Gasteiger partial charge on any atom is -0.452 e. The number of rotatable bonds is 10. The van der Waals surface area contributed by atoms with E-state index in [9.17, 15) is 19.7 Å². The number of amides is 1. The molecule has 2 rings (SSSR count). The summed E-state index contributed by atoms with van der Waals surface area (Å²) in [5.74, 6) is -1.21. The first-order valence-corrected chi connectivity index (χ1v) is 8.90. The van der Waals surface area contributed by atoms with E-state index in [4.69, 9.17) is 9.47 Å². The van der Waals surface area contributed by atoms with Gasteiger partial charge < -0.3 is 19.7 Å². The van der Waals surface area contributed by atoms with Gasteiger partial charge in [-0.05, 0) is 11.6 Å². The van der Waals surface area contributed by atoms with Crippen molar-refractivity contribution in [3.8, 4) is 0 Å². The number of esters is 1. The van der Waals surface area contributed by atoms with Crippen LogP contribution in [0.15, 0.2) is 48.5 Å². The Morgan fingerprint density at radius 3 is 2.52 bits per heavy atom. The van der Waals surface area contributed by atoms with Crippen molar-refractivity contribution >= 4 is 23.3 Å². The third-order valence-electron chi connectivity index (χ3n) is 4.16. The lowest BCUT2D eigenvalue weighted by Crippen LogP contribution is -2.36. The van der Waals surface area contributed by atoms with E-state index in [1.54, 1.807) is 7.05 Å². The summed E-state index contributed by atoms with van der Waals surface area (Å²) >= 11 is 0. The molecule has 154 valence electrons. The standard InChI is InChI=1S/C20H23N3O6/c1-21-18-9-8-16(23(26)27)12-17(18)20(25)29-14-19(24)22(10-11-28-2)13-15-6-4-3-5-7-15/h3-9,12,21H,10-11,13-14H2,1-2H3. The fourth-order valence-electron chi connectivity index (χ4n) is 2.63. The predicted molar refractivity (Wildman–Crippen MR) is 107 cm³/mol. The van der Waals surface area contributed by atoms with Crippen molar-refractivity contribution in [3.63, 3.8) is 0 Å². The Morgan fingerprint density at radius 1 is 1.17 bits per heavy atom. The van der Waals surface area contributed by atoms with Gasteiger partial charge >= 0.3 is 5.97 Å². The van der Waals surface area contributed by atoms with Gasteiger partial charge in [0.15, 0.2) is 6.61 Å². The zero-order valence-electron chi connectivity index (χ0n) is 16.3. The lowest BCUT2D eigenvalue weighted by atomic mass is 10.1. The van der Waals surface area contributed by atoms with E-state index in [-0.39, 0.29) is 11.3 Å². The molecule has 9 heteroatoms. The van der Waals surface area contributed by atoms with E-state index >= 15 is 0 Å². The molecule has 0 unspecified atom stereocenters. The van der Waals surface area contributed by atoms with Gasteiger partial charge in [0.1, 0.15) is 0 Å². The summed E-state index contributed by atoms with van der Waals surface area (Å²) in [6.07, 6.45) is 0. The van der Waals surface area contributed by atoms with E-state index < -0.39 is 23.4 Å². The second-order valence-electron chi connectivity index (χ2n) is 6.11. The topological polar surface area (TPSA) is 111 Å². The minimum absolute atomic E-state index is 0.0130. The second-order valence-corrected chi connectivity index (χ2v) is 6.11.